The first-order valence-electron chi connectivity index (χ1n) is 9.53. The molecule has 4 heterocycles. The van der Waals surface area contributed by atoms with Crippen LogP contribution >= 0.6 is 0 Å². The van der Waals surface area contributed by atoms with Crippen LogP contribution in [0.25, 0.3) is 33.3 Å². The molecular weight excluding hydrogens is 392 g/mol. The van der Waals surface area contributed by atoms with E-state index in [0.717, 1.165) is 27.6 Å². The maximum absolute atomic E-state index is 11.8. The molecule has 8 heteroatoms. The van der Waals surface area contributed by atoms with E-state index in [0.29, 0.717) is 29.5 Å². The smallest absolute Gasteiger partial charge is 0.247 e. The number of anilines is 1. The number of pyridine rings is 3. The Morgan fingerprint density at radius 3 is 2.81 bits per heavy atom. The number of fused-ring (bicyclic) bond motifs is 1. The Morgan fingerprint density at radius 1 is 1.23 bits per heavy atom. The van der Waals surface area contributed by atoms with E-state index in [2.05, 4.69) is 37.9 Å². The van der Waals surface area contributed by atoms with Crippen molar-refractivity contribution >= 4 is 22.6 Å². The van der Waals surface area contributed by atoms with Crippen molar-refractivity contribution < 1.29 is 9.53 Å². The summed E-state index contributed by atoms with van der Waals surface area (Å²) in [6, 6.07) is 9.41. The van der Waals surface area contributed by atoms with Crippen LogP contribution in [0.15, 0.2) is 61.7 Å². The van der Waals surface area contributed by atoms with E-state index in [9.17, 15) is 4.79 Å². The Balaban J connectivity index is 1.79. The van der Waals surface area contributed by atoms with Crippen LogP contribution in [-0.2, 0) is 4.79 Å². The second-order valence-corrected chi connectivity index (χ2v) is 6.57. The molecule has 0 aromatic carbocycles. The van der Waals surface area contributed by atoms with Crippen LogP contribution < -0.4 is 10.1 Å². The summed E-state index contributed by atoms with van der Waals surface area (Å²) < 4.78 is 5.52. The van der Waals surface area contributed by atoms with Crippen LogP contribution in [0, 0.1) is 11.3 Å². The molecule has 0 atom stereocenters. The van der Waals surface area contributed by atoms with Gasteiger partial charge in [0.25, 0.3) is 0 Å². The number of hydrogen-bond donors (Lipinski definition) is 2. The highest BCUT2D eigenvalue weighted by molar-refractivity contribution is 6.00. The van der Waals surface area contributed by atoms with Gasteiger partial charge >= 0.3 is 0 Å². The number of carbonyl (C=O) groups excluding carboxylic acids is 1. The van der Waals surface area contributed by atoms with Gasteiger partial charge in [-0.1, -0.05) is 6.58 Å². The minimum absolute atomic E-state index is 0.332. The predicted octanol–water partition coefficient (Wildman–Crippen LogP) is 4.08. The molecule has 4 rings (SSSR count). The molecule has 152 valence electrons. The number of carbonyl (C=O) groups is 1. The largest absolute Gasteiger partial charge is 0.476 e. The van der Waals surface area contributed by atoms with Gasteiger partial charge in [0.15, 0.2) is 0 Å². The third-order valence-electron chi connectivity index (χ3n) is 4.63. The van der Waals surface area contributed by atoms with Gasteiger partial charge in [-0.05, 0) is 42.8 Å². The SMILES string of the molecule is C=CC(=O)Nc1cc(-c2cnc3[nH]cc(-c4ccnc(C#N)c4)c3c2)cnc1OCC. The first kappa shape index (κ1) is 19.8. The van der Waals surface area contributed by atoms with E-state index < -0.39 is 0 Å². The van der Waals surface area contributed by atoms with Crippen LogP contribution in [-0.4, -0.2) is 32.4 Å². The van der Waals surface area contributed by atoms with Crippen molar-refractivity contribution in [2.75, 3.05) is 11.9 Å². The van der Waals surface area contributed by atoms with Gasteiger partial charge in [0.2, 0.25) is 11.8 Å². The molecule has 4 aromatic rings. The minimum atomic E-state index is -0.354. The fraction of sp³-hybridized carbons (Fsp3) is 0.0870. The number of rotatable bonds is 6. The monoisotopic (exact) mass is 410 g/mol. The number of amides is 1. The molecule has 31 heavy (non-hydrogen) atoms. The Kier molecular flexibility index (Phi) is 5.41. The number of aromatic nitrogens is 4. The van der Waals surface area contributed by atoms with E-state index in [1.165, 1.54) is 6.08 Å². The topological polar surface area (TPSA) is 117 Å². The lowest BCUT2D eigenvalue weighted by Gasteiger charge is -2.11. The Morgan fingerprint density at radius 2 is 2.03 bits per heavy atom. The highest BCUT2D eigenvalue weighted by Gasteiger charge is 2.13. The molecule has 0 saturated carbocycles. The summed E-state index contributed by atoms with van der Waals surface area (Å²) in [5, 5.41) is 12.8. The van der Waals surface area contributed by atoms with Gasteiger partial charge in [0, 0.05) is 46.9 Å². The third-order valence-corrected chi connectivity index (χ3v) is 4.63. The van der Waals surface area contributed by atoms with Gasteiger partial charge < -0.3 is 15.0 Å². The molecule has 0 bridgehead atoms. The molecule has 0 spiro atoms. The summed E-state index contributed by atoms with van der Waals surface area (Å²) in [6.07, 6.45) is 8.04. The molecule has 0 fully saturated rings. The first-order valence-corrected chi connectivity index (χ1v) is 9.53. The number of aromatic amines is 1. The number of ether oxygens (including phenoxy) is 1. The van der Waals surface area contributed by atoms with Crippen LogP contribution in [0.5, 0.6) is 5.88 Å². The molecule has 0 unspecified atom stereocenters. The zero-order valence-corrected chi connectivity index (χ0v) is 16.7. The summed E-state index contributed by atoms with van der Waals surface area (Å²) in [5.74, 6) is -0.0222. The molecule has 1 amide bonds. The lowest BCUT2D eigenvalue weighted by atomic mass is 10.0. The Labute approximate surface area is 178 Å². The van der Waals surface area contributed by atoms with Crippen LogP contribution in [0.3, 0.4) is 0 Å². The van der Waals surface area contributed by atoms with Crippen molar-refractivity contribution in [1.29, 1.82) is 5.26 Å². The fourth-order valence-electron chi connectivity index (χ4n) is 3.19. The van der Waals surface area contributed by atoms with Crippen LogP contribution in [0.1, 0.15) is 12.6 Å². The van der Waals surface area contributed by atoms with Crippen LogP contribution in [0.2, 0.25) is 0 Å². The summed E-state index contributed by atoms with van der Waals surface area (Å²) in [6.45, 7) is 5.74. The normalized spacial score (nSPS) is 10.5. The molecule has 0 saturated heterocycles. The lowest BCUT2D eigenvalue weighted by molar-refractivity contribution is -0.111. The van der Waals surface area contributed by atoms with Gasteiger partial charge in [-0.2, -0.15) is 5.26 Å². The molecular formula is C23H18N6O2. The maximum atomic E-state index is 11.8. The summed E-state index contributed by atoms with van der Waals surface area (Å²) in [5.41, 5.74) is 4.85. The standard InChI is InChI=1S/C23H18N6O2/c1-3-21(30)29-20-9-16(12-28-23(20)31-4-2)15-8-18-19(13-27-22(18)26-11-15)14-5-6-25-17(7-14)10-24/h3,5-9,11-13H,1,4H2,2H3,(H,26,27)(H,29,30). The van der Waals surface area contributed by atoms with Crippen LogP contribution in [0.4, 0.5) is 5.69 Å². The van der Waals surface area contributed by atoms with Gasteiger partial charge in [-0.3, -0.25) is 4.79 Å². The van der Waals surface area contributed by atoms with E-state index in [-0.39, 0.29) is 5.91 Å². The Bertz CT molecular complexity index is 1340. The fourth-order valence-corrected chi connectivity index (χ4v) is 3.19. The molecule has 8 nitrogen and oxygen atoms in total. The predicted molar refractivity (Wildman–Crippen MR) is 117 cm³/mol. The van der Waals surface area contributed by atoms with E-state index in [4.69, 9.17) is 10.00 Å². The molecule has 0 aliphatic rings. The molecule has 2 N–H and O–H groups in total. The Hall–Kier alpha value is -4.51. The molecule has 0 radical (unpaired) electrons. The average molecular weight is 410 g/mol. The van der Waals surface area contributed by atoms with Gasteiger partial charge in [0.05, 0.1) is 6.61 Å². The van der Waals surface area contributed by atoms with Crippen molar-refractivity contribution in [1.82, 2.24) is 19.9 Å². The number of nitrogens with zero attached hydrogens (tertiary/aromatic N) is 4. The maximum Gasteiger partial charge on any atom is 0.247 e. The number of H-pyrrole nitrogens is 1. The van der Waals surface area contributed by atoms with E-state index >= 15 is 0 Å². The number of hydrogen-bond acceptors (Lipinski definition) is 6. The first-order chi connectivity index (χ1) is 15.1. The lowest BCUT2D eigenvalue weighted by Crippen LogP contribution is -2.10. The average Bonchev–Trinajstić information content (AvgIpc) is 3.23. The van der Waals surface area contributed by atoms with Gasteiger partial charge in [-0.25, -0.2) is 15.0 Å². The summed E-state index contributed by atoms with van der Waals surface area (Å²) >= 11 is 0. The van der Waals surface area contributed by atoms with E-state index in [1.54, 1.807) is 30.7 Å². The quantitative estimate of drug-likeness (QED) is 0.463. The van der Waals surface area contributed by atoms with Gasteiger partial charge in [-0.15, -0.1) is 0 Å². The summed E-state index contributed by atoms with van der Waals surface area (Å²) in [7, 11) is 0. The van der Waals surface area contributed by atoms with Gasteiger partial charge in [0.1, 0.15) is 23.1 Å². The van der Waals surface area contributed by atoms with Crippen molar-refractivity contribution in [3.8, 4) is 34.2 Å². The third kappa shape index (κ3) is 3.97. The second kappa shape index (κ2) is 8.47. The highest BCUT2D eigenvalue weighted by Crippen LogP contribution is 2.33. The molecule has 0 aliphatic heterocycles. The highest BCUT2D eigenvalue weighted by atomic mass is 16.5. The molecule has 0 aliphatic carbocycles. The number of nitriles is 1. The minimum Gasteiger partial charge on any atom is -0.476 e. The zero-order valence-electron chi connectivity index (χ0n) is 16.7. The van der Waals surface area contributed by atoms with Crippen molar-refractivity contribution in [2.24, 2.45) is 0 Å². The van der Waals surface area contributed by atoms with Crippen molar-refractivity contribution in [3.05, 3.63) is 67.4 Å². The number of nitrogens with one attached hydrogen (secondary N) is 2. The molecule has 4 aromatic heterocycles. The van der Waals surface area contributed by atoms with Crippen molar-refractivity contribution in [2.45, 2.75) is 6.92 Å². The summed E-state index contributed by atoms with van der Waals surface area (Å²) in [4.78, 5) is 27.9. The zero-order chi connectivity index (χ0) is 21.8. The van der Waals surface area contributed by atoms with E-state index in [1.807, 2.05) is 25.3 Å². The second-order valence-electron chi connectivity index (χ2n) is 6.57. The van der Waals surface area contributed by atoms with Crippen molar-refractivity contribution in [3.63, 3.8) is 0 Å².